The Kier molecular flexibility index (Phi) is 6.20. The molecule has 0 N–H and O–H groups in total. The lowest BCUT2D eigenvalue weighted by atomic mass is 9.97. The number of rotatable bonds is 5. The normalized spacial score (nSPS) is 15.2. The van der Waals surface area contributed by atoms with Gasteiger partial charge in [-0.1, -0.05) is 96.5 Å². The van der Waals surface area contributed by atoms with Gasteiger partial charge >= 0.3 is 5.97 Å². The van der Waals surface area contributed by atoms with E-state index in [4.69, 9.17) is 21.4 Å². The molecule has 0 radical (unpaired) electrons. The molecule has 0 fully saturated rings. The van der Waals surface area contributed by atoms with E-state index in [1.165, 1.54) is 16.3 Å². The van der Waals surface area contributed by atoms with Crippen LogP contribution >= 0.6 is 22.9 Å². The Labute approximate surface area is 222 Å². The highest BCUT2D eigenvalue weighted by molar-refractivity contribution is 7.21. The number of halogens is 1. The van der Waals surface area contributed by atoms with Crippen LogP contribution in [0.3, 0.4) is 0 Å². The number of hydrogen-bond donors (Lipinski definition) is 0. The zero-order chi connectivity index (χ0) is 25.4. The fourth-order valence-electron chi connectivity index (χ4n) is 4.62. The monoisotopic (exact) mass is 524 g/mol. The average molecular weight is 525 g/mol. The maximum Gasteiger partial charge on any atom is 0.350 e. The number of amides is 1. The largest absolute Gasteiger partial charge is 0.451 e. The van der Waals surface area contributed by atoms with Crippen molar-refractivity contribution in [3.05, 3.63) is 118 Å². The summed E-state index contributed by atoms with van der Waals surface area (Å²) in [6.45, 7) is -0.429. The quantitative estimate of drug-likeness (QED) is 0.228. The molecular weight excluding hydrogens is 504 g/mol. The van der Waals surface area contributed by atoms with E-state index in [1.54, 1.807) is 0 Å². The summed E-state index contributed by atoms with van der Waals surface area (Å²) >= 11 is 7.67. The predicted molar refractivity (Wildman–Crippen MR) is 148 cm³/mol. The number of fused-ring (bicyclic) bond motifs is 2. The SMILES string of the molecule is O=C(OCC(=O)N1N=C(c2ccc3ccccc3c2)C[C@H]1c1ccccc1)c1sc2ccccc2c1Cl. The van der Waals surface area contributed by atoms with Crippen molar-refractivity contribution in [1.29, 1.82) is 0 Å². The van der Waals surface area contributed by atoms with Crippen LogP contribution in [0.15, 0.2) is 102 Å². The highest BCUT2D eigenvalue weighted by atomic mass is 35.5. The number of benzene rings is 4. The summed E-state index contributed by atoms with van der Waals surface area (Å²) < 4.78 is 6.31. The maximum absolute atomic E-state index is 13.3. The molecule has 1 aliphatic rings. The second-order valence-electron chi connectivity index (χ2n) is 8.79. The molecule has 7 heteroatoms. The molecule has 0 saturated carbocycles. The van der Waals surface area contributed by atoms with Crippen molar-refractivity contribution >= 4 is 61.4 Å². The van der Waals surface area contributed by atoms with E-state index < -0.39 is 18.5 Å². The Bertz CT molecular complexity index is 1680. The van der Waals surface area contributed by atoms with Crippen LogP contribution in [0.5, 0.6) is 0 Å². The molecule has 0 bridgehead atoms. The molecule has 6 rings (SSSR count). The molecule has 0 unspecified atom stereocenters. The molecule has 1 amide bonds. The summed E-state index contributed by atoms with van der Waals surface area (Å²) in [5.41, 5.74) is 2.74. The van der Waals surface area contributed by atoms with Crippen LogP contribution in [0.1, 0.15) is 33.3 Å². The molecule has 1 aliphatic heterocycles. The Morgan fingerprint density at radius 2 is 1.65 bits per heavy atom. The summed E-state index contributed by atoms with van der Waals surface area (Å²) in [6, 6.07) is 31.3. The van der Waals surface area contributed by atoms with E-state index in [9.17, 15) is 9.59 Å². The fourth-order valence-corrected chi connectivity index (χ4v) is 6.02. The summed E-state index contributed by atoms with van der Waals surface area (Å²) in [5.74, 6) is -1.01. The lowest BCUT2D eigenvalue weighted by Crippen LogP contribution is -2.31. The van der Waals surface area contributed by atoms with Crippen LogP contribution in [0, 0.1) is 0 Å². The van der Waals surface area contributed by atoms with Crippen molar-refractivity contribution < 1.29 is 14.3 Å². The number of hydrazone groups is 1. The Morgan fingerprint density at radius 3 is 2.46 bits per heavy atom. The summed E-state index contributed by atoms with van der Waals surface area (Å²) in [7, 11) is 0. The van der Waals surface area contributed by atoms with Gasteiger partial charge in [-0.25, -0.2) is 9.80 Å². The Hall–Kier alpha value is -4.00. The molecule has 182 valence electrons. The molecule has 0 spiro atoms. The van der Waals surface area contributed by atoms with E-state index in [2.05, 4.69) is 24.3 Å². The number of ether oxygens (including phenoxy) is 1. The van der Waals surface area contributed by atoms with E-state index in [0.29, 0.717) is 11.4 Å². The van der Waals surface area contributed by atoms with Crippen molar-refractivity contribution in [3.8, 4) is 0 Å². The molecule has 4 aromatic carbocycles. The fraction of sp³-hybridized carbons (Fsp3) is 0.100. The van der Waals surface area contributed by atoms with Gasteiger partial charge in [-0.15, -0.1) is 11.3 Å². The third-order valence-electron chi connectivity index (χ3n) is 6.48. The first-order valence-electron chi connectivity index (χ1n) is 11.9. The molecule has 0 aliphatic carbocycles. The van der Waals surface area contributed by atoms with Crippen LogP contribution < -0.4 is 0 Å². The van der Waals surface area contributed by atoms with Crippen molar-refractivity contribution in [3.63, 3.8) is 0 Å². The van der Waals surface area contributed by atoms with Gasteiger partial charge in [0.2, 0.25) is 0 Å². The first-order valence-corrected chi connectivity index (χ1v) is 13.1. The average Bonchev–Trinajstić information content (AvgIpc) is 3.54. The van der Waals surface area contributed by atoms with Gasteiger partial charge in [0, 0.05) is 16.5 Å². The summed E-state index contributed by atoms with van der Waals surface area (Å²) in [5, 5.41) is 9.55. The molecular formula is C30H21ClN2O3S. The predicted octanol–water partition coefficient (Wildman–Crippen LogP) is 7.24. The van der Waals surface area contributed by atoms with E-state index in [1.807, 2.05) is 72.8 Å². The van der Waals surface area contributed by atoms with Gasteiger partial charge in [0.15, 0.2) is 6.61 Å². The van der Waals surface area contributed by atoms with Gasteiger partial charge in [0.25, 0.3) is 5.91 Å². The Morgan fingerprint density at radius 1 is 0.919 bits per heavy atom. The second-order valence-corrected chi connectivity index (χ2v) is 10.2. The number of nitrogens with zero attached hydrogens (tertiary/aromatic N) is 2. The highest BCUT2D eigenvalue weighted by Gasteiger charge is 2.34. The third-order valence-corrected chi connectivity index (χ3v) is 8.14. The standard InChI is InChI=1S/C30H21ClN2O3S/c31-28-23-12-6-7-13-26(23)37-29(28)30(35)36-18-27(34)33-25(20-9-2-1-3-10-20)17-24(32-33)22-15-14-19-8-4-5-11-21(19)16-22/h1-16,25H,17-18H2/t25-/m0/s1. The van der Waals surface area contributed by atoms with Crippen LogP contribution in [0.25, 0.3) is 20.9 Å². The number of esters is 1. The summed E-state index contributed by atoms with van der Waals surface area (Å²) in [6.07, 6.45) is 0.560. The van der Waals surface area contributed by atoms with Gasteiger partial charge in [0.05, 0.1) is 16.8 Å². The lowest BCUT2D eigenvalue weighted by Gasteiger charge is -2.21. The molecule has 37 heavy (non-hydrogen) atoms. The maximum atomic E-state index is 13.3. The molecule has 5 nitrogen and oxygen atoms in total. The van der Waals surface area contributed by atoms with Crippen molar-refractivity contribution in [1.82, 2.24) is 5.01 Å². The zero-order valence-electron chi connectivity index (χ0n) is 19.6. The number of carbonyl (C=O) groups excluding carboxylic acids is 2. The minimum atomic E-state index is -0.617. The zero-order valence-corrected chi connectivity index (χ0v) is 21.2. The van der Waals surface area contributed by atoms with Gasteiger partial charge in [-0.05, 0) is 34.0 Å². The van der Waals surface area contributed by atoms with Crippen molar-refractivity contribution in [2.45, 2.75) is 12.5 Å². The number of carbonyl (C=O) groups is 2. The molecule has 2 heterocycles. The molecule has 1 aromatic heterocycles. The molecule has 0 saturated heterocycles. The van der Waals surface area contributed by atoms with Gasteiger partial charge in [-0.3, -0.25) is 4.79 Å². The number of hydrogen-bond acceptors (Lipinski definition) is 5. The third kappa shape index (κ3) is 4.50. The van der Waals surface area contributed by atoms with E-state index in [-0.39, 0.29) is 10.9 Å². The lowest BCUT2D eigenvalue weighted by molar-refractivity contribution is -0.136. The number of thiophene rings is 1. The topological polar surface area (TPSA) is 59.0 Å². The van der Waals surface area contributed by atoms with Crippen molar-refractivity contribution in [2.24, 2.45) is 5.10 Å². The van der Waals surface area contributed by atoms with Crippen LogP contribution in [-0.4, -0.2) is 29.2 Å². The minimum absolute atomic E-state index is 0.289. The van der Waals surface area contributed by atoms with Gasteiger partial charge < -0.3 is 4.74 Å². The highest BCUT2D eigenvalue weighted by Crippen LogP contribution is 2.36. The minimum Gasteiger partial charge on any atom is -0.451 e. The van der Waals surface area contributed by atoms with Crippen LogP contribution in [0.4, 0.5) is 0 Å². The van der Waals surface area contributed by atoms with Crippen molar-refractivity contribution in [2.75, 3.05) is 6.61 Å². The van der Waals surface area contributed by atoms with E-state index in [0.717, 1.165) is 37.7 Å². The van der Waals surface area contributed by atoms with E-state index >= 15 is 0 Å². The Balaban J connectivity index is 1.26. The second kappa shape index (κ2) is 9.81. The van der Waals surface area contributed by atoms with Gasteiger partial charge in [-0.2, -0.15) is 5.10 Å². The smallest absolute Gasteiger partial charge is 0.350 e. The summed E-state index contributed by atoms with van der Waals surface area (Å²) in [4.78, 5) is 26.4. The van der Waals surface area contributed by atoms with Crippen LogP contribution in [0.2, 0.25) is 5.02 Å². The van der Waals surface area contributed by atoms with Crippen LogP contribution in [-0.2, 0) is 9.53 Å². The molecule has 1 atom stereocenters. The van der Waals surface area contributed by atoms with Gasteiger partial charge in [0.1, 0.15) is 4.88 Å². The molecule has 5 aromatic rings. The first kappa shape index (κ1) is 23.4. The first-order chi connectivity index (χ1) is 18.1.